The molecule has 0 atom stereocenters. The first kappa shape index (κ1) is 14.0. The average Bonchev–Trinajstić information content (AvgIpc) is 2.70. The smallest absolute Gasteiger partial charge is 0.271 e. The van der Waals surface area contributed by atoms with E-state index in [0.29, 0.717) is 12.4 Å². The van der Waals surface area contributed by atoms with Crippen LogP contribution in [0.2, 0.25) is 0 Å². The van der Waals surface area contributed by atoms with Crippen molar-refractivity contribution in [3.8, 4) is 0 Å². The molecular weight excluding hydrogens is 256 g/mol. The lowest BCUT2D eigenvalue weighted by molar-refractivity contribution is 0.0945. The molecule has 0 aliphatic rings. The van der Waals surface area contributed by atoms with Crippen LogP contribution in [0.5, 0.6) is 0 Å². The Morgan fingerprint density at radius 2 is 2.10 bits per heavy atom. The second-order valence-electron chi connectivity index (χ2n) is 4.50. The lowest BCUT2D eigenvalue weighted by Gasteiger charge is -2.06. The van der Waals surface area contributed by atoms with Gasteiger partial charge in [0.1, 0.15) is 11.5 Å². The summed E-state index contributed by atoms with van der Waals surface area (Å²) in [5, 5.41) is 10.0. The maximum atomic E-state index is 12.0. The van der Waals surface area contributed by atoms with Gasteiger partial charge in [-0.2, -0.15) is 5.10 Å². The Balaban J connectivity index is 2.08. The summed E-state index contributed by atoms with van der Waals surface area (Å²) < 4.78 is 1.80. The van der Waals surface area contributed by atoms with Crippen molar-refractivity contribution in [3.05, 3.63) is 35.0 Å². The molecule has 106 valence electrons. The molecule has 2 aromatic heterocycles. The van der Waals surface area contributed by atoms with Crippen LogP contribution in [-0.4, -0.2) is 32.7 Å². The zero-order valence-electron chi connectivity index (χ0n) is 12.1. The average molecular weight is 274 g/mol. The first-order valence-electron chi connectivity index (χ1n) is 6.30. The topological polar surface area (TPSA) is 84.7 Å². The van der Waals surface area contributed by atoms with Gasteiger partial charge in [-0.1, -0.05) is 0 Å². The van der Waals surface area contributed by atoms with Crippen molar-refractivity contribution >= 4 is 11.7 Å². The summed E-state index contributed by atoms with van der Waals surface area (Å²) in [5.41, 5.74) is 3.27. The molecule has 0 saturated carbocycles. The van der Waals surface area contributed by atoms with E-state index in [1.165, 1.54) is 6.20 Å². The minimum atomic E-state index is -0.253. The fourth-order valence-corrected chi connectivity index (χ4v) is 1.93. The summed E-state index contributed by atoms with van der Waals surface area (Å²) in [7, 11) is 3.61. The molecule has 0 bridgehead atoms. The predicted octanol–water partition coefficient (Wildman–Crippen LogP) is 0.799. The van der Waals surface area contributed by atoms with E-state index in [1.807, 2.05) is 20.9 Å². The van der Waals surface area contributed by atoms with Gasteiger partial charge in [-0.25, -0.2) is 4.98 Å². The number of nitrogens with one attached hydrogen (secondary N) is 2. The van der Waals surface area contributed by atoms with Crippen LogP contribution in [0.1, 0.15) is 27.4 Å². The van der Waals surface area contributed by atoms with Crippen molar-refractivity contribution in [2.24, 2.45) is 7.05 Å². The van der Waals surface area contributed by atoms with Crippen molar-refractivity contribution < 1.29 is 4.79 Å². The molecule has 2 aromatic rings. The van der Waals surface area contributed by atoms with Gasteiger partial charge in [0.2, 0.25) is 0 Å². The Labute approximate surface area is 117 Å². The van der Waals surface area contributed by atoms with E-state index in [2.05, 4.69) is 25.7 Å². The minimum absolute atomic E-state index is 0.253. The Morgan fingerprint density at radius 1 is 1.35 bits per heavy atom. The van der Waals surface area contributed by atoms with Gasteiger partial charge in [0.25, 0.3) is 5.91 Å². The maximum Gasteiger partial charge on any atom is 0.271 e. The second kappa shape index (κ2) is 5.68. The molecule has 2 heterocycles. The van der Waals surface area contributed by atoms with Crippen molar-refractivity contribution in [2.45, 2.75) is 20.4 Å². The molecule has 0 fully saturated rings. The van der Waals surface area contributed by atoms with Gasteiger partial charge in [-0.3, -0.25) is 14.5 Å². The number of anilines is 1. The van der Waals surface area contributed by atoms with Gasteiger partial charge < -0.3 is 10.6 Å². The molecule has 7 heteroatoms. The lowest BCUT2D eigenvalue weighted by Crippen LogP contribution is -2.24. The van der Waals surface area contributed by atoms with Crippen LogP contribution in [-0.2, 0) is 13.6 Å². The highest BCUT2D eigenvalue weighted by Gasteiger charge is 2.12. The van der Waals surface area contributed by atoms with E-state index in [9.17, 15) is 4.79 Å². The highest BCUT2D eigenvalue weighted by molar-refractivity contribution is 5.92. The van der Waals surface area contributed by atoms with Crippen molar-refractivity contribution in [3.63, 3.8) is 0 Å². The number of rotatable bonds is 4. The molecule has 2 rings (SSSR count). The SMILES string of the molecule is CNc1cncc(C(=O)NCc2c(C)nn(C)c2C)n1. The number of carbonyl (C=O) groups excluding carboxylic acids is 1. The van der Waals surface area contributed by atoms with Gasteiger partial charge in [0.05, 0.1) is 18.1 Å². The van der Waals surface area contributed by atoms with E-state index in [4.69, 9.17) is 0 Å². The third-order valence-corrected chi connectivity index (χ3v) is 3.21. The van der Waals surface area contributed by atoms with Gasteiger partial charge in [-0.05, 0) is 13.8 Å². The first-order chi connectivity index (χ1) is 9.52. The molecule has 0 spiro atoms. The summed E-state index contributed by atoms with van der Waals surface area (Å²) in [6.07, 6.45) is 3.01. The number of aromatic nitrogens is 4. The van der Waals surface area contributed by atoms with E-state index >= 15 is 0 Å². The van der Waals surface area contributed by atoms with Crippen LogP contribution in [0.3, 0.4) is 0 Å². The van der Waals surface area contributed by atoms with Gasteiger partial charge in [-0.15, -0.1) is 0 Å². The largest absolute Gasteiger partial charge is 0.372 e. The molecule has 0 aromatic carbocycles. The van der Waals surface area contributed by atoms with E-state index in [1.54, 1.807) is 17.9 Å². The molecule has 7 nitrogen and oxygen atoms in total. The number of amides is 1. The number of nitrogens with zero attached hydrogens (tertiary/aromatic N) is 4. The van der Waals surface area contributed by atoms with Crippen LogP contribution in [0.15, 0.2) is 12.4 Å². The second-order valence-corrected chi connectivity index (χ2v) is 4.50. The molecule has 2 N–H and O–H groups in total. The molecule has 0 unspecified atom stereocenters. The monoisotopic (exact) mass is 274 g/mol. The number of carbonyl (C=O) groups is 1. The Morgan fingerprint density at radius 3 is 2.70 bits per heavy atom. The zero-order chi connectivity index (χ0) is 14.7. The lowest BCUT2D eigenvalue weighted by atomic mass is 10.2. The Bertz CT molecular complexity index is 634. The van der Waals surface area contributed by atoms with Crippen molar-refractivity contribution in [2.75, 3.05) is 12.4 Å². The molecule has 0 radical (unpaired) electrons. The summed E-state index contributed by atoms with van der Waals surface area (Å²) in [5.74, 6) is 0.309. The summed E-state index contributed by atoms with van der Waals surface area (Å²) in [6, 6.07) is 0. The summed E-state index contributed by atoms with van der Waals surface area (Å²) in [4.78, 5) is 20.2. The predicted molar refractivity (Wildman–Crippen MR) is 75.4 cm³/mol. The minimum Gasteiger partial charge on any atom is -0.372 e. The van der Waals surface area contributed by atoms with E-state index < -0.39 is 0 Å². The van der Waals surface area contributed by atoms with Crippen LogP contribution < -0.4 is 10.6 Å². The van der Waals surface area contributed by atoms with Gasteiger partial charge >= 0.3 is 0 Å². The van der Waals surface area contributed by atoms with Crippen LogP contribution in [0.4, 0.5) is 5.82 Å². The standard InChI is InChI=1S/C13H18N6O/c1-8-10(9(2)19(4)18-8)5-16-13(20)11-6-15-7-12(14-3)17-11/h6-7H,5H2,1-4H3,(H,14,17)(H,16,20). The summed E-state index contributed by atoms with van der Waals surface area (Å²) in [6.45, 7) is 4.33. The van der Waals surface area contributed by atoms with Crippen molar-refractivity contribution in [1.82, 2.24) is 25.1 Å². The molecule has 0 saturated heterocycles. The summed E-state index contributed by atoms with van der Waals surface area (Å²) >= 11 is 0. The molecule has 20 heavy (non-hydrogen) atoms. The Hall–Kier alpha value is -2.44. The fourth-order valence-electron chi connectivity index (χ4n) is 1.93. The van der Waals surface area contributed by atoms with E-state index in [-0.39, 0.29) is 11.6 Å². The van der Waals surface area contributed by atoms with E-state index in [0.717, 1.165) is 17.0 Å². The van der Waals surface area contributed by atoms with Crippen LogP contribution >= 0.6 is 0 Å². The van der Waals surface area contributed by atoms with Crippen LogP contribution in [0.25, 0.3) is 0 Å². The third kappa shape index (κ3) is 2.76. The number of hydrogen-bond acceptors (Lipinski definition) is 5. The van der Waals surface area contributed by atoms with Crippen molar-refractivity contribution in [1.29, 1.82) is 0 Å². The first-order valence-corrected chi connectivity index (χ1v) is 6.30. The van der Waals surface area contributed by atoms with Gasteiger partial charge in [0, 0.05) is 31.9 Å². The molecule has 1 amide bonds. The molecule has 0 aliphatic heterocycles. The maximum absolute atomic E-state index is 12.0. The highest BCUT2D eigenvalue weighted by Crippen LogP contribution is 2.11. The molecular formula is C13H18N6O. The number of aryl methyl sites for hydroxylation is 2. The van der Waals surface area contributed by atoms with Gasteiger partial charge in [0.15, 0.2) is 0 Å². The quantitative estimate of drug-likeness (QED) is 0.861. The fraction of sp³-hybridized carbons (Fsp3) is 0.385. The van der Waals surface area contributed by atoms with Crippen LogP contribution in [0, 0.1) is 13.8 Å². The number of hydrogen-bond donors (Lipinski definition) is 2. The molecule has 0 aliphatic carbocycles. The normalized spacial score (nSPS) is 10.4. The third-order valence-electron chi connectivity index (χ3n) is 3.21. The zero-order valence-corrected chi connectivity index (χ0v) is 12.1. The highest BCUT2D eigenvalue weighted by atomic mass is 16.1. The Kier molecular flexibility index (Phi) is 3.97.